The summed E-state index contributed by atoms with van der Waals surface area (Å²) in [4.78, 5) is 25.0. The van der Waals surface area contributed by atoms with Crippen LogP contribution >= 0.6 is 11.6 Å². The third kappa shape index (κ3) is 6.76. The van der Waals surface area contributed by atoms with Crippen molar-refractivity contribution < 1.29 is 42.4 Å². The number of pyridine rings is 2. The van der Waals surface area contributed by atoms with Crippen molar-refractivity contribution >= 4 is 17.5 Å². The van der Waals surface area contributed by atoms with Gasteiger partial charge in [0, 0.05) is 54.9 Å². The number of aliphatic hydroxyl groups excluding tert-OH is 1. The molecule has 11 nitrogen and oxygen atoms in total. The van der Waals surface area contributed by atoms with Crippen LogP contribution in [0, 0.1) is 5.92 Å². The number of halogens is 4. The number of rotatable bonds is 11. The number of piperidine rings is 2. The van der Waals surface area contributed by atoms with Crippen molar-refractivity contribution in [3.05, 3.63) is 87.4 Å². The molecule has 15 heteroatoms. The molecule has 0 unspecified atom stereocenters. The van der Waals surface area contributed by atoms with Gasteiger partial charge in [-0.3, -0.25) is 14.6 Å². The Kier molecular flexibility index (Phi) is 9.86. The molecule has 1 amide bonds. The Morgan fingerprint density at radius 2 is 1.64 bits per heavy atom. The Bertz CT molecular complexity index is 2260. The number of amides is 1. The standard InChI is InChI=1S/C43H45ClF3N5O6/c1-56-37-25(20-51-22-41(23-51)15-13-35(53)50-41)9-11-33(48-37)31-8-4-7-30(36(31)44)27-5-3-6-29-28(27)10-12-34(29)58-39-32(43(45,46)47)17-26(38(49-39)57-2)21-52-16-14-24-18-42(52,19-24)40(54)55/h3-9,11,17,24,34,40,54-55H,10,12-16,18-23H2,1-2H3,(H,50,53)/t24?,34-,42?/m0/s1. The molecule has 6 heterocycles. The van der Waals surface area contributed by atoms with Gasteiger partial charge in [-0.25, -0.2) is 4.98 Å². The molecule has 2 aliphatic carbocycles. The van der Waals surface area contributed by atoms with E-state index in [9.17, 15) is 28.2 Å². The first-order valence-electron chi connectivity index (χ1n) is 19.7. The van der Waals surface area contributed by atoms with E-state index < -0.39 is 35.6 Å². The van der Waals surface area contributed by atoms with Crippen LogP contribution in [0.2, 0.25) is 5.02 Å². The predicted octanol–water partition coefficient (Wildman–Crippen LogP) is 6.70. The van der Waals surface area contributed by atoms with Gasteiger partial charge in [-0.2, -0.15) is 18.2 Å². The molecule has 2 aromatic carbocycles. The molecule has 6 aliphatic rings. The lowest BCUT2D eigenvalue weighted by Gasteiger charge is -2.60. The summed E-state index contributed by atoms with van der Waals surface area (Å²) < 4.78 is 61.6. The van der Waals surface area contributed by atoms with Gasteiger partial charge in [-0.15, -0.1) is 0 Å². The number of nitrogens with one attached hydrogen (secondary N) is 1. The van der Waals surface area contributed by atoms with Gasteiger partial charge in [0.2, 0.25) is 23.5 Å². The van der Waals surface area contributed by atoms with Gasteiger partial charge in [-0.1, -0.05) is 54.1 Å². The number of fused-ring (bicyclic) bond motifs is 3. The van der Waals surface area contributed by atoms with Gasteiger partial charge in [-0.05, 0) is 79.8 Å². The molecule has 4 saturated heterocycles. The maximum atomic E-state index is 14.7. The Labute approximate surface area is 339 Å². The van der Waals surface area contributed by atoms with Crippen LogP contribution < -0.4 is 19.5 Å². The van der Waals surface area contributed by atoms with E-state index in [1.807, 2.05) is 53.4 Å². The number of methoxy groups -OCH3 is 2. The Balaban J connectivity index is 0.965. The first-order valence-corrected chi connectivity index (χ1v) is 20.1. The third-order valence-corrected chi connectivity index (χ3v) is 13.3. The molecule has 58 heavy (non-hydrogen) atoms. The van der Waals surface area contributed by atoms with Crippen molar-refractivity contribution in [3.63, 3.8) is 0 Å². The minimum Gasteiger partial charge on any atom is -0.481 e. The minimum atomic E-state index is -4.78. The summed E-state index contributed by atoms with van der Waals surface area (Å²) in [5.41, 5.74) is 3.70. The van der Waals surface area contributed by atoms with Crippen molar-refractivity contribution in [2.75, 3.05) is 33.9 Å². The second-order valence-electron chi connectivity index (χ2n) is 16.5. The van der Waals surface area contributed by atoms with E-state index in [-0.39, 0.29) is 29.4 Å². The summed E-state index contributed by atoms with van der Waals surface area (Å²) in [7, 11) is 2.94. The summed E-state index contributed by atoms with van der Waals surface area (Å²) in [6, 6.07) is 16.3. The molecule has 2 aromatic heterocycles. The summed E-state index contributed by atoms with van der Waals surface area (Å²) in [6.07, 6.45) is -2.73. The zero-order valence-corrected chi connectivity index (χ0v) is 33.0. The lowest BCUT2D eigenvalue weighted by atomic mass is 9.62. The molecular formula is C43H45ClF3N5O6. The highest BCUT2D eigenvalue weighted by molar-refractivity contribution is 6.36. The molecule has 2 bridgehead atoms. The number of carbonyl (C=O) groups excluding carboxylic acids is 1. The van der Waals surface area contributed by atoms with Crippen molar-refractivity contribution in [2.45, 2.75) is 87.7 Å². The number of hydrogen-bond donors (Lipinski definition) is 3. The van der Waals surface area contributed by atoms with Crippen molar-refractivity contribution in [2.24, 2.45) is 5.92 Å². The third-order valence-electron chi connectivity index (χ3n) is 12.9. The number of alkyl halides is 3. The minimum absolute atomic E-state index is 0.00568. The number of hydrogen-bond acceptors (Lipinski definition) is 10. The van der Waals surface area contributed by atoms with Crippen molar-refractivity contribution in [3.8, 4) is 40.0 Å². The SMILES string of the molecule is COc1nc(-c2cccc(-c3cccc4c3CC[C@@H]4Oc3nc(OC)c(CN4CCC5CC4(C(O)O)C5)cc3C(F)(F)F)c2Cl)ccc1CN1CC2(CCC(=O)N2)C1. The second-order valence-corrected chi connectivity index (χ2v) is 16.9. The topological polar surface area (TPSA) is 130 Å². The summed E-state index contributed by atoms with van der Waals surface area (Å²) in [5.74, 6) is 0.402. The highest BCUT2D eigenvalue weighted by Gasteiger charge is 2.56. The Morgan fingerprint density at radius 3 is 2.34 bits per heavy atom. The van der Waals surface area contributed by atoms with E-state index in [4.69, 9.17) is 30.8 Å². The highest BCUT2D eigenvalue weighted by atomic mass is 35.5. The number of benzene rings is 2. The number of aromatic nitrogens is 2. The fourth-order valence-corrected chi connectivity index (χ4v) is 10.4. The summed E-state index contributed by atoms with van der Waals surface area (Å²) >= 11 is 7.17. The maximum Gasteiger partial charge on any atom is 0.421 e. The average Bonchev–Trinajstić information content (AvgIpc) is 3.78. The van der Waals surface area contributed by atoms with Crippen LogP contribution in [0.25, 0.3) is 22.4 Å². The zero-order chi connectivity index (χ0) is 40.6. The largest absolute Gasteiger partial charge is 0.481 e. The van der Waals surface area contributed by atoms with Crippen LogP contribution in [-0.4, -0.2) is 87.1 Å². The van der Waals surface area contributed by atoms with Gasteiger partial charge in [0.05, 0.1) is 36.0 Å². The average molecular weight is 820 g/mol. The fraction of sp³-hybridized carbons (Fsp3) is 0.465. The Hall–Kier alpha value is -4.47. The van der Waals surface area contributed by atoms with Crippen LogP contribution in [0.1, 0.15) is 72.4 Å². The van der Waals surface area contributed by atoms with Gasteiger partial charge in [0.25, 0.3) is 0 Å². The molecule has 3 N–H and O–H groups in total. The number of carbonyl (C=O) groups is 1. The predicted molar refractivity (Wildman–Crippen MR) is 208 cm³/mol. The molecule has 4 aromatic rings. The van der Waals surface area contributed by atoms with Crippen LogP contribution in [0.5, 0.6) is 17.6 Å². The van der Waals surface area contributed by atoms with Crippen molar-refractivity contribution in [1.82, 2.24) is 25.1 Å². The first kappa shape index (κ1) is 39.0. The molecular weight excluding hydrogens is 775 g/mol. The summed E-state index contributed by atoms with van der Waals surface area (Å²) in [6.45, 7) is 2.74. The van der Waals surface area contributed by atoms with E-state index in [1.54, 1.807) is 7.11 Å². The van der Waals surface area contributed by atoms with Crippen LogP contribution in [-0.2, 0) is 30.5 Å². The number of ether oxygens (including phenoxy) is 3. The molecule has 1 spiro atoms. The van der Waals surface area contributed by atoms with Gasteiger partial charge in [0.15, 0.2) is 6.29 Å². The number of nitrogens with zero attached hydrogens (tertiary/aromatic N) is 4. The number of likely N-dealkylation sites (tertiary alicyclic amines) is 1. The van der Waals surface area contributed by atoms with E-state index >= 15 is 0 Å². The molecule has 5 fully saturated rings. The maximum absolute atomic E-state index is 14.7. The van der Waals surface area contributed by atoms with Gasteiger partial charge in [0.1, 0.15) is 11.7 Å². The second kappa shape index (κ2) is 14.7. The molecule has 10 rings (SSSR count). The first-order chi connectivity index (χ1) is 27.8. The van der Waals surface area contributed by atoms with E-state index in [2.05, 4.69) is 15.2 Å². The fourth-order valence-electron chi connectivity index (χ4n) is 10.0. The lowest BCUT2D eigenvalue weighted by molar-refractivity contribution is -0.223. The van der Waals surface area contributed by atoms with E-state index in [0.29, 0.717) is 73.3 Å². The van der Waals surface area contributed by atoms with Crippen LogP contribution in [0.3, 0.4) is 0 Å². The van der Waals surface area contributed by atoms with Gasteiger partial charge >= 0.3 is 6.18 Å². The highest BCUT2D eigenvalue weighted by Crippen LogP contribution is 2.52. The molecule has 1 saturated carbocycles. The smallest absolute Gasteiger partial charge is 0.421 e. The molecule has 0 radical (unpaired) electrons. The van der Waals surface area contributed by atoms with Crippen LogP contribution in [0.15, 0.2) is 54.6 Å². The molecule has 4 aliphatic heterocycles. The zero-order valence-electron chi connectivity index (χ0n) is 32.2. The quantitative estimate of drug-likeness (QED) is 0.141. The number of aliphatic hydroxyl groups is 2. The normalized spacial score (nSPS) is 23.7. The van der Waals surface area contributed by atoms with Crippen molar-refractivity contribution in [1.29, 1.82) is 0 Å². The molecule has 306 valence electrons. The van der Waals surface area contributed by atoms with Gasteiger partial charge < -0.3 is 29.7 Å². The monoisotopic (exact) mass is 819 g/mol. The lowest BCUT2D eigenvalue weighted by Crippen LogP contribution is -2.67. The Morgan fingerprint density at radius 1 is 0.914 bits per heavy atom. The summed E-state index contributed by atoms with van der Waals surface area (Å²) in [5, 5.41) is 24.0. The van der Waals surface area contributed by atoms with E-state index in [1.165, 1.54) is 7.11 Å². The van der Waals surface area contributed by atoms with E-state index in [0.717, 1.165) is 59.8 Å². The molecule has 1 atom stereocenters. The van der Waals surface area contributed by atoms with Crippen LogP contribution in [0.4, 0.5) is 13.2 Å².